The van der Waals surface area contributed by atoms with E-state index in [9.17, 15) is 17.6 Å². The van der Waals surface area contributed by atoms with Crippen molar-refractivity contribution >= 4 is 0 Å². The molecule has 0 aromatic carbocycles. The fraction of sp³-hybridized carbons (Fsp3) is 0.600. The Balaban J connectivity index is 0. The summed E-state index contributed by atoms with van der Waals surface area (Å²) < 4.78 is 46.8. The van der Waals surface area contributed by atoms with Crippen LogP contribution < -0.4 is 0 Å². The molecule has 0 bridgehead atoms. The van der Waals surface area contributed by atoms with E-state index >= 15 is 0 Å². The minimum Gasteiger partial charge on any atom is -0.207 e. The Hall–Kier alpha value is -0.800. The van der Waals surface area contributed by atoms with Gasteiger partial charge in [0, 0.05) is 12.8 Å². The molecule has 0 aliphatic heterocycles. The number of hydrogen-bond donors (Lipinski definition) is 0. The van der Waals surface area contributed by atoms with Gasteiger partial charge in [-0.15, -0.1) is 6.58 Å². The second kappa shape index (κ2) is 6.62. The molecular formula is C10H16F4. The van der Waals surface area contributed by atoms with E-state index in [0.717, 1.165) is 6.92 Å². The lowest BCUT2D eigenvalue weighted by molar-refractivity contribution is 0.0256. The number of allylic oxidation sites excluding steroid dienone is 2. The Labute approximate surface area is 82.3 Å². The van der Waals surface area contributed by atoms with Crippen LogP contribution in [0.4, 0.5) is 17.6 Å². The molecule has 0 aromatic heterocycles. The normalized spacial score (nSPS) is 11.3. The van der Waals surface area contributed by atoms with Crippen molar-refractivity contribution < 1.29 is 17.6 Å². The first-order valence-corrected chi connectivity index (χ1v) is 4.18. The van der Waals surface area contributed by atoms with Gasteiger partial charge in [0.2, 0.25) is 5.92 Å². The molecule has 0 aromatic rings. The van der Waals surface area contributed by atoms with Crippen LogP contribution in [0.5, 0.6) is 0 Å². The number of hydrogen-bond acceptors (Lipinski definition) is 0. The quantitative estimate of drug-likeness (QED) is 0.477. The van der Waals surface area contributed by atoms with E-state index in [1.54, 1.807) is 0 Å². The summed E-state index contributed by atoms with van der Waals surface area (Å²) in [6.07, 6.45) is 1.48. The zero-order chi connectivity index (χ0) is 11.8. The van der Waals surface area contributed by atoms with Gasteiger partial charge < -0.3 is 0 Å². The standard InChI is InChI=1S/2C5H8F2/c1-3-4-5(2,6)7;1-3-5(6,7)4-2/h2*3H,1,4H2,2H3. The molecule has 14 heavy (non-hydrogen) atoms. The van der Waals surface area contributed by atoms with Gasteiger partial charge in [-0.25, -0.2) is 17.6 Å². The van der Waals surface area contributed by atoms with E-state index in [2.05, 4.69) is 13.2 Å². The molecule has 84 valence electrons. The van der Waals surface area contributed by atoms with Crippen LogP contribution in [0, 0.1) is 0 Å². The second-order valence-corrected chi connectivity index (χ2v) is 2.88. The van der Waals surface area contributed by atoms with Gasteiger partial charge in [0.1, 0.15) is 0 Å². The highest BCUT2D eigenvalue weighted by molar-refractivity contribution is 4.84. The lowest BCUT2D eigenvalue weighted by Gasteiger charge is -2.04. The van der Waals surface area contributed by atoms with Crippen molar-refractivity contribution in [2.45, 2.75) is 38.5 Å². The summed E-state index contributed by atoms with van der Waals surface area (Å²) in [5.74, 6) is -5.22. The summed E-state index contributed by atoms with van der Waals surface area (Å²) in [7, 11) is 0. The van der Waals surface area contributed by atoms with Crippen LogP contribution in [0.25, 0.3) is 0 Å². The third-order valence-electron chi connectivity index (χ3n) is 1.27. The monoisotopic (exact) mass is 212 g/mol. The zero-order valence-electron chi connectivity index (χ0n) is 8.49. The maximum atomic E-state index is 11.8. The molecule has 0 saturated heterocycles. The molecule has 4 heteroatoms. The maximum Gasteiger partial charge on any atom is 0.265 e. The van der Waals surface area contributed by atoms with Crippen molar-refractivity contribution in [1.82, 2.24) is 0 Å². The zero-order valence-corrected chi connectivity index (χ0v) is 8.49. The van der Waals surface area contributed by atoms with Gasteiger partial charge in [-0.3, -0.25) is 0 Å². The van der Waals surface area contributed by atoms with Gasteiger partial charge in [0.15, 0.2) is 0 Å². The van der Waals surface area contributed by atoms with Gasteiger partial charge in [0.25, 0.3) is 5.92 Å². The van der Waals surface area contributed by atoms with Crippen molar-refractivity contribution in [1.29, 1.82) is 0 Å². The molecule has 0 amide bonds. The Kier molecular flexibility index (Phi) is 7.41. The molecule has 0 nitrogen and oxygen atoms in total. The van der Waals surface area contributed by atoms with Crippen molar-refractivity contribution in [3.8, 4) is 0 Å². The van der Waals surface area contributed by atoms with Gasteiger partial charge in [-0.05, 0) is 13.0 Å². The van der Waals surface area contributed by atoms with E-state index < -0.39 is 11.8 Å². The molecule has 0 aliphatic rings. The van der Waals surface area contributed by atoms with Gasteiger partial charge in [-0.2, -0.15) is 0 Å². The molecule has 0 saturated carbocycles. The minimum atomic E-state index is -2.65. The number of alkyl halides is 4. The summed E-state index contributed by atoms with van der Waals surface area (Å²) in [4.78, 5) is 0. The summed E-state index contributed by atoms with van der Waals surface area (Å²) in [5.41, 5.74) is 0. The highest BCUT2D eigenvalue weighted by Gasteiger charge is 2.19. The third-order valence-corrected chi connectivity index (χ3v) is 1.27. The SMILES string of the molecule is C=CC(F)(F)CC.C=CCC(C)(F)F. The van der Waals surface area contributed by atoms with Crippen LogP contribution in [-0.4, -0.2) is 11.8 Å². The predicted molar refractivity (Wildman–Crippen MR) is 50.9 cm³/mol. The van der Waals surface area contributed by atoms with Gasteiger partial charge in [-0.1, -0.05) is 19.6 Å². The van der Waals surface area contributed by atoms with Crippen molar-refractivity contribution in [3.05, 3.63) is 25.3 Å². The predicted octanol–water partition coefficient (Wildman–Crippen LogP) is 4.44. The topological polar surface area (TPSA) is 0 Å². The Morgan fingerprint density at radius 1 is 1.14 bits per heavy atom. The van der Waals surface area contributed by atoms with Crippen molar-refractivity contribution in [2.24, 2.45) is 0 Å². The molecule has 0 N–H and O–H groups in total. The molecule has 0 aliphatic carbocycles. The lowest BCUT2D eigenvalue weighted by atomic mass is 10.3. The van der Waals surface area contributed by atoms with Crippen LogP contribution >= 0.6 is 0 Å². The molecule has 0 spiro atoms. The molecule has 0 heterocycles. The highest BCUT2D eigenvalue weighted by Crippen LogP contribution is 2.17. The highest BCUT2D eigenvalue weighted by atomic mass is 19.3. The molecule has 0 rings (SSSR count). The molecule has 0 fully saturated rings. The first kappa shape index (κ1) is 15.7. The molecule has 0 radical (unpaired) electrons. The summed E-state index contributed by atoms with van der Waals surface area (Å²) >= 11 is 0. The van der Waals surface area contributed by atoms with E-state index in [4.69, 9.17) is 0 Å². The first-order chi connectivity index (χ1) is 6.18. The molecular weight excluding hydrogens is 196 g/mol. The van der Waals surface area contributed by atoms with Gasteiger partial charge >= 0.3 is 0 Å². The summed E-state index contributed by atoms with van der Waals surface area (Å²) in [6, 6.07) is 0. The van der Waals surface area contributed by atoms with E-state index in [0.29, 0.717) is 6.08 Å². The fourth-order valence-electron chi connectivity index (χ4n) is 0.398. The Morgan fingerprint density at radius 3 is 1.57 bits per heavy atom. The van der Waals surface area contributed by atoms with E-state index in [1.165, 1.54) is 13.0 Å². The Morgan fingerprint density at radius 2 is 1.57 bits per heavy atom. The first-order valence-electron chi connectivity index (χ1n) is 4.18. The van der Waals surface area contributed by atoms with E-state index in [-0.39, 0.29) is 12.8 Å². The summed E-state index contributed by atoms with van der Waals surface area (Å²) in [5, 5.41) is 0. The second-order valence-electron chi connectivity index (χ2n) is 2.88. The van der Waals surface area contributed by atoms with Crippen LogP contribution in [0.2, 0.25) is 0 Å². The summed E-state index contributed by atoms with van der Waals surface area (Å²) in [6.45, 7) is 8.41. The minimum absolute atomic E-state index is 0.156. The van der Waals surface area contributed by atoms with Crippen LogP contribution in [0.1, 0.15) is 26.7 Å². The largest absolute Gasteiger partial charge is 0.265 e. The fourth-order valence-corrected chi connectivity index (χ4v) is 0.398. The van der Waals surface area contributed by atoms with Crippen LogP contribution in [0.15, 0.2) is 25.3 Å². The van der Waals surface area contributed by atoms with Crippen LogP contribution in [-0.2, 0) is 0 Å². The smallest absolute Gasteiger partial charge is 0.207 e. The van der Waals surface area contributed by atoms with Crippen molar-refractivity contribution in [2.75, 3.05) is 0 Å². The number of halogens is 4. The average Bonchev–Trinajstić information content (AvgIpc) is 2.04. The van der Waals surface area contributed by atoms with Gasteiger partial charge in [0.05, 0.1) is 0 Å². The molecule has 0 unspecified atom stereocenters. The average molecular weight is 212 g/mol. The Bertz CT molecular complexity index is 167. The maximum absolute atomic E-state index is 11.8. The number of rotatable bonds is 4. The molecule has 0 atom stereocenters. The van der Waals surface area contributed by atoms with Crippen LogP contribution in [0.3, 0.4) is 0 Å². The van der Waals surface area contributed by atoms with Crippen molar-refractivity contribution in [3.63, 3.8) is 0 Å². The van der Waals surface area contributed by atoms with E-state index in [1.807, 2.05) is 0 Å². The lowest BCUT2D eigenvalue weighted by Crippen LogP contribution is -2.07. The third kappa shape index (κ3) is 13.8.